The van der Waals surface area contributed by atoms with Crippen LogP contribution in [0.5, 0.6) is 11.5 Å². The number of imidazole rings is 1. The highest BCUT2D eigenvalue weighted by atomic mass is 16.5. The number of benzene rings is 1. The zero-order valence-corrected chi connectivity index (χ0v) is 12.6. The summed E-state index contributed by atoms with van der Waals surface area (Å²) >= 11 is 0. The average Bonchev–Trinajstić information content (AvgIpc) is 2.88. The van der Waals surface area contributed by atoms with Crippen LogP contribution >= 0.6 is 0 Å². The van der Waals surface area contributed by atoms with Gasteiger partial charge in [0.15, 0.2) is 0 Å². The molecule has 2 aromatic rings. The van der Waals surface area contributed by atoms with Gasteiger partial charge in [-0.05, 0) is 6.07 Å². The van der Waals surface area contributed by atoms with Crippen molar-refractivity contribution in [2.24, 2.45) is 0 Å². The molecule has 5 heteroatoms. The van der Waals surface area contributed by atoms with E-state index in [2.05, 4.69) is 30.7 Å². The van der Waals surface area contributed by atoms with Crippen molar-refractivity contribution < 1.29 is 9.47 Å². The highest BCUT2D eigenvalue weighted by molar-refractivity contribution is 5.78. The normalized spacial score (nSPS) is 11.4. The third-order valence-electron chi connectivity index (χ3n) is 3.21. The Kier molecular flexibility index (Phi) is 3.61. The first-order valence-corrected chi connectivity index (χ1v) is 6.44. The quantitative estimate of drug-likeness (QED) is 0.845. The summed E-state index contributed by atoms with van der Waals surface area (Å²) in [6, 6.07) is 3.61. The first kappa shape index (κ1) is 14.2. The second-order valence-corrected chi connectivity index (χ2v) is 5.69. The predicted octanol–water partition coefficient (Wildman–Crippen LogP) is 2.97. The van der Waals surface area contributed by atoms with E-state index in [0.717, 1.165) is 11.3 Å². The topological polar surface area (TPSA) is 73.2 Å². The number of rotatable bonds is 3. The molecule has 0 saturated carbocycles. The number of H-pyrrole nitrogens is 1. The Bertz CT molecular complexity index is 612. The van der Waals surface area contributed by atoms with Gasteiger partial charge in [0.05, 0.1) is 19.9 Å². The molecule has 3 N–H and O–H groups in total. The summed E-state index contributed by atoms with van der Waals surface area (Å²) in [7, 11) is 3.19. The maximum Gasteiger partial charge on any atom is 0.146 e. The SMILES string of the molecule is COc1cc(OC)c(N)c(-c2ncc(C(C)(C)C)[nH]2)c1. The van der Waals surface area contributed by atoms with Gasteiger partial charge in [0, 0.05) is 28.9 Å². The number of nitrogen functional groups attached to an aromatic ring is 1. The van der Waals surface area contributed by atoms with Crippen LogP contribution in [0, 0.1) is 0 Å². The molecule has 20 heavy (non-hydrogen) atoms. The number of nitrogens with two attached hydrogens (primary N) is 1. The maximum atomic E-state index is 6.13. The molecule has 1 aromatic carbocycles. The largest absolute Gasteiger partial charge is 0.497 e. The van der Waals surface area contributed by atoms with Crippen LogP contribution in [0.3, 0.4) is 0 Å². The molecule has 108 valence electrons. The van der Waals surface area contributed by atoms with Crippen molar-refractivity contribution in [3.63, 3.8) is 0 Å². The second-order valence-electron chi connectivity index (χ2n) is 5.69. The Morgan fingerprint density at radius 1 is 1.15 bits per heavy atom. The Balaban J connectivity index is 2.54. The number of nitrogens with one attached hydrogen (secondary N) is 1. The van der Waals surface area contributed by atoms with E-state index in [4.69, 9.17) is 15.2 Å². The molecule has 0 unspecified atom stereocenters. The number of hydrogen-bond acceptors (Lipinski definition) is 4. The zero-order valence-electron chi connectivity index (χ0n) is 12.6. The molecule has 0 fully saturated rings. The molecule has 0 aliphatic carbocycles. The highest BCUT2D eigenvalue weighted by Gasteiger charge is 2.19. The molecule has 0 atom stereocenters. The fourth-order valence-electron chi connectivity index (χ4n) is 1.92. The van der Waals surface area contributed by atoms with Crippen LogP contribution in [0.4, 0.5) is 5.69 Å². The molecule has 0 spiro atoms. The van der Waals surface area contributed by atoms with Gasteiger partial charge in [-0.25, -0.2) is 4.98 Å². The van der Waals surface area contributed by atoms with Gasteiger partial charge in [-0.1, -0.05) is 20.8 Å². The van der Waals surface area contributed by atoms with Gasteiger partial charge in [-0.2, -0.15) is 0 Å². The van der Waals surface area contributed by atoms with Crippen LogP contribution in [0.2, 0.25) is 0 Å². The first-order valence-electron chi connectivity index (χ1n) is 6.44. The summed E-state index contributed by atoms with van der Waals surface area (Å²) in [6.45, 7) is 6.37. The number of aromatic amines is 1. The van der Waals surface area contributed by atoms with Gasteiger partial charge in [-0.3, -0.25) is 0 Å². The van der Waals surface area contributed by atoms with Crippen molar-refractivity contribution in [1.29, 1.82) is 0 Å². The number of hydrogen-bond donors (Lipinski definition) is 2. The number of ether oxygens (including phenoxy) is 2. The van der Waals surface area contributed by atoms with Gasteiger partial charge < -0.3 is 20.2 Å². The van der Waals surface area contributed by atoms with E-state index < -0.39 is 0 Å². The minimum Gasteiger partial charge on any atom is -0.497 e. The summed E-state index contributed by atoms with van der Waals surface area (Å²) < 4.78 is 10.5. The van der Waals surface area contributed by atoms with Gasteiger partial charge in [-0.15, -0.1) is 0 Å². The molecule has 0 amide bonds. The Hall–Kier alpha value is -2.17. The Morgan fingerprint density at radius 3 is 2.35 bits per heavy atom. The number of nitrogens with zero attached hydrogens (tertiary/aromatic N) is 1. The number of methoxy groups -OCH3 is 2. The van der Waals surface area contributed by atoms with Crippen LogP contribution in [-0.2, 0) is 5.41 Å². The standard InChI is InChI=1S/C15H21N3O2/c1-15(2,3)12-8-17-14(18-12)10-6-9(19-4)7-11(20-5)13(10)16/h6-8H,16H2,1-5H3,(H,17,18). The lowest BCUT2D eigenvalue weighted by Gasteiger charge is -2.15. The van der Waals surface area contributed by atoms with E-state index in [9.17, 15) is 0 Å². The van der Waals surface area contributed by atoms with Crippen LogP contribution in [-0.4, -0.2) is 24.2 Å². The van der Waals surface area contributed by atoms with Crippen LogP contribution in [0.1, 0.15) is 26.5 Å². The molecule has 2 rings (SSSR count). The van der Waals surface area contributed by atoms with Gasteiger partial charge in [0.2, 0.25) is 0 Å². The Morgan fingerprint density at radius 2 is 1.85 bits per heavy atom. The summed E-state index contributed by atoms with van der Waals surface area (Å²) in [5.41, 5.74) is 8.50. The van der Waals surface area contributed by atoms with E-state index >= 15 is 0 Å². The van der Waals surface area contributed by atoms with Crippen LogP contribution < -0.4 is 15.2 Å². The molecule has 5 nitrogen and oxygen atoms in total. The van der Waals surface area contributed by atoms with E-state index in [-0.39, 0.29) is 5.41 Å². The highest BCUT2D eigenvalue weighted by Crippen LogP contribution is 2.37. The smallest absolute Gasteiger partial charge is 0.146 e. The summed E-state index contributed by atoms with van der Waals surface area (Å²) in [6.07, 6.45) is 1.83. The average molecular weight is 275 g/mol. The lowest BCUT2D eigenvalue weighted by Crippen LogP contribution is -2.11. The second kappa shape index (κ2) is 5.07. The fourth-order valence-corrected chi connectivity index (χ4v) is 1.92. The molecular formula is C15H21N3O2. The van der Waals surface area contributed by atoms with Crippen molar-refractivity contribution >= 4 is 5.69 Å². The lowest BCUT2D eigenvalue weighted by atomic mass is 9.93. The minimum absolute atomic E-state index is 0.00294. The van der Waals surface area contributed by atoms with E-state index in [0.29, 0.717) is 23.0 Å². The van der Waals surface area contributed by atoms with Crippen molar-refractivity contribution in [3.8, 4) is 22.9 Å². The third-order valence-corrected chi connectivity index (χ3v) is 3.21. The number of aromatic nitrogens is 2. The third kappa shape index (κ3) is 2.57. The van der Waals surface area contributed by atoms with Crippen LogP contribution in [0.15, 0.2) is 18.3 Å². The minimum atomic E-state index is 0.00294. The summed E-state index contributed by atoms with van der Waals surface area (Å²) in [5, 5.41) is 0. The summed E-state index contributed by atoms with van der Waals surface area (Å²) in [5.74, 6) is 1.97. The van der Waals surface area contributed by atoms with Crippen molar-refractivity contribution in [1.82, 2.24) is 9.97 Å². The molecule has 0 aliphatic rings. The first-order chi connectivity index (χ1) is 9.36. The van der Waals surface area contributed by atoms with Gasteiger partial charge in [0.1, 0.15) is 17.3 Å². The number of anilines is 1. The molecule has 0 saturated heterocycles. The van der Waals surface area contributed by atoms with Crippen LogP contribution in [0.25, 0.3) is 11.4 Å². The van der Waals surface area contributed by atoms with E-state index in [1.807, 2.05) is 12.3 Å². The van der Waals surface area contributed by atoms with E-state index in [1.165, 1.54) is 0 Å². The summed E-state index contributed by atoms with van der Waals surface area (Å²) in [4.78, 5) is 7.73. The zero-order chi connectivity index (χ0) is 14.9. The molecule has 0 bridgehead atoms. The maximum absolute atomic E-state index is 6.13. The molecule has 0 radical (unpaired) electrons. The predicted molar refractivity (Wildman–Crippen MR) is 80.2 cm³/mol. The van der Waals surface area contributed by atoms with Crippen molar-refractivity contribution in [2.75, 3.05) is 20.0 Å². The van der Waals surface area contributed by atoms with Crippen molar-refractivity contribution in [2.45, 2.75) is 26.2 Å². The van der Waals surface area contributed by atoms with Crippen molar-refractivity contribution in [3.05, 3.63) is 24.0 Å². The Labute approximate surface area is 119 Å². The monoisotopic (exact) mass is 275 g/mol. The molecule has 1 heterocycles. The molecule has 1 aromatic heterocycles. The van der Waals surface area contributed by atoms with Gasteiger partial charge in [0.25, 0.3) is 0 Å². The molecular weight excluding hydrogens is 254 g/mol. The molecule has 0 aliphatic heterocycles. The lowest BCUT2D eigenvalue weighted by molar-refractivity contribution is 0.396. The fraction of sp³-hybridized carbons (Fsp3) is 0.400. The van der Waals surface area contributed by atoms with E-state index in [1.54, 1.807) is 20.3 Å². The van der Waals surface area contributed by atoms with Gasteiger partial charge >= 0.3 is 0 Å².